The van der Waals surface area contributed by atoms with Gasteiger partial charge in [0.15, 0.2) is 0 Å². The summed E-state index contributed by atoms with van der Waals surface area (Å²) in [5.41, 5.74) is 1.29. The fraction of sp³-hybridized carbons (Fsp3) is 0.706. The Bertz CT molecular complexity index is 456. The lowest BCUT2D eigenvalue weighted by atomic mass is 10.1. The van der Waals surface area contributed by atoms with Crippen LogP contribution in [0.15, 0.2) is 18.2 Å². The van der Waals surface area contributed by atoms with E-state index in [0.717, 1.165) is 24.2 Å². The summed E-state index contributed by atoms with van der Waals surface area (Å²) >= 11 is 0. The smallest absolute Gasteiger partial charge is 0.129 e. The van der Waals surface area contributed by atoms with Gasteiger partial charge in [0.05, 0.1) is 5.69 Å². The lowest BCUT2D eigenvalue weighted by Gasteiger charge is -2.25. The van der Waals surface area contributed by atoms with Crippen molar-refractivity contribution in [2.24, 2.45) is 5.92 Å². The molecular formula is C17H27N3. The van der Waals surface area contributed by atoms with E-state index in [-0.39, 0.29) is 5.54 Å². The molecule has 110 valence electrons. The Labute approximate surface area is 122 Å². The minimum Gasteiger partial charge on any atom is -0.353 e. The van der Waals surface area contributed by atoms with Gasteiger partial charge in [-0.1, -0.05) is 6.07 Å². The molecular weight excluding hydrogens is 246 g/mol. The van der Waals surface area contributed by atoms with E-state index in [1.807, 2.05) is 0 Å². The van der Waals surface area contributed by atoms with E-state index >= 15 is 0 Å². The first-order valence-corrected chi connectivity index (χ1v) is 7.99. The fourth-order valence-electron chi connectivity index (χ4n) is 2.48. The molecule has 0 amide bonds. The van der Waals surface area contributed by atoms with Crippen LogP contribution >= 0.6 is 0 Å². The first-order valence-electron chi connectivity index (χ1n) is 7.99. The van der Waals surface area contributed by atoms with Gasteiger partial charge in [0.2, 0.25) is 0 Å². The van der Waals surface area contributed by atoms with E-state index < -0.39 is 0 Å². The van der Waals surface area contributed by atoms with Gasteiger partial charge in [0, 0.05) is 24.7 Å². The van der Waals surface area contributed by atoms with E-state index in [1.165, 1.54) is 38.0 Å². The Morgan fingerprint density at radius 3 is 2.55 bits per heavy atom. The van der Waals surface area contributed by atoms with Crippen LogP contribution in [0.2, 0.25) is 0 Å². The SMILES string of the molecule is CC(C)(C)NCc1cccc(N(CC2CC2)C2CC2)n1. The molecule has 1 aromatic heterocycles. The zero-order valence-corrected chi connectivity index (χ0v) is 13.0. The fourth-order valence-corrected chi connectivity index (χ4v) is 2.48. The molecule has 0 atom stereocenters. The van der Waals surface area contributed by atoms with Gasteiger partial charge in [-0.15, -0.1) is 0 Å². The third kappa shape index (κ3) is 3.95. The topological polar surface area (TPSA) is 28.2 Å². The molecule has 1 N–H and O–H groups in total. The summed E-state index contributed by atoms with van der Waals surface area (Å²) in [5, 5.41) is 3.52. The first-order chi connectivity index (χ1) is 9.51. The van der Waals surface area contributed by atoms with Crippen molar-refractivity contribution in [2.75, 3.05) is 11.4 Å². The van der Waals surface area contributed by atoms with Crippen molar-refractivity contribution in [1.29, 1.82) is 0 Å². The first kappa shape index (κ1) is 13.9. The third-order valence-electron chi connectivity index (χ3n) is 4.03. The molecule has 1 heterocycles. The van der Waals surface area contributed by atoms with Crippen molar-refractivity contribution in [3.63, 3.8) is 0 Å². The van der Waals surface area contributed by atoms with Crippen LogP contribution in [0.5, 0.6) is 0 Å². The molecule has 2 fully saturated rings. The highest BCUT2D eigenvalue weighted by molar-refractivity contribution is 5.42. The molecule has 3 heteroatoms. The summed E-state index contributed by atoms with van der Waals surface area (Å²) in [7, 11) is 0. The standard InChI is InChI=1S/C17H27N3/c1-17(2,3)18-11-14-5-4-6-16(19-14)20(15-9-10-15)12-13-7-8-13/h4-6,13,15,18H,7-12H2,1-3H3. The van der Waals surface area contributed by atoms with Gasteiger partial charge >= 0.3 is 0 Å². The van der Waals surface area contributed by atoms with Gasteiger partial charge in [-0.25, -0.2) is 4.98 Å². The number of aromatic nitrogens is 1. The summed E-state index contributed by atoms with van der Waals surface area (Å²) < 4.78 is 0. The molecule has 0 unspecified atom stereocenters. The zero-order valence-electron chi connectivity index (χ0n) is 13.0. The van der Waals surface area contributed by atoms with Gasteiger partial charge in [0.1, 0.15) is 5.82 Å². The average Bonchev–Trinajstić information content (AvgIpc) is 3.25. The number of hydrogen-bond donors (Lipinski definition) is 1. The lowest BCUT2D eigenvalue weighted by molar-refractivity contribution is 0.421. The van der Waals surface area contributed by atoms with Crippen LogP contribution in [0.25, 0.3) is 0 Å². The third-order valence-corrected chi connectivity index (χ3v) is 4.03. The van der Waals surface area contributed by atoms with Crippen molar-refractivity contribution >= 4 is 5.82 Å². The van der Waals surface area contributed by atoms with Gasteiger partial charge < -0.3 is 10.2 Å². The van der Waals surface area contributed by atoms with Crippen LogP contribution in [-0.4, -0.2) is 23.1 Å². The normalized spacial score (nSPS) is 19.1. The van der Waals surface area contributed by atoms with Crippen molar-refractivity contribution in [2.45, 2.75) is 64.6 Å². The largest absolute Gasteiger partial charge is 0.353 e. The molecule has 3 rings (SSSR count). The van der Waals surface area contributed by atoms with E-state index in [9.17, 15) is 0 Å². The maximum atomic E-state index is 4.88. The molecule has 2 aliphatic carbocycles. The van der Waals surface area contributed by atoms with Crippen LogP contribution < -0.4 is 10.2 Å². The van der Waals surface area contributed by atoms with Crippen LogP contribution in [0.1, 0.15) is 52.1 Å². The van der Waals surface area contributed by atoms with Crippen molar-refractivity contribution in [3.8, 4) is 0 Å². The highest BCUT2D eigenvalue weighted by atomic mass is 15.2. The monoisotopic (exact) mass is 273 g/mol. The molecule has 2 saturated carbocycles. The molecule has 20 heavy (non-hydrogen) atoms. The zero-order chi connectivity index (χ0) is 14.2. The molecule has 3 nitrogen and oxygen atoms in total. The van der Waals surface area contributed by atoms with Crippen LogP contribution in [-0.2, 0) is 6.54 Å². The maximum absolute atomic E-state index is 4.88. The Morgan fingerprint density at radius 1 is 1.20 bits per heavy atom. The highest BCUT2D eigenvalue weighted by Gasteiger charge is 2.34. The molecule has 0 radical (unpaired) electrons. The Kier molecular flexibility index (Phi) is 3.72. The second-order valence-corrected chi connectivity index (χ2v) is 7.42. The second kappa shape index (κ2) is 5.36. The van der Waals surface area contributed by atoms with E-state index in [4.69, 9.17) is 4.98 Å². The summed E-state index contributed by atoms with van der Waals surface area (Å²) in [4.78, 5) is 7.44. The summed E-state index contributed by atoms with van der Waals surface area (Å²) in [6.45, 7) is 8.65. The van der Waals surface area contributed by atoms with Gasteiger partial charge in [-0.3, -0.25) is 0 Å². The van der Waals surface area contributed by atoms with Crippen molar-refractivity contribution in [1.82, 2.24) is 10.3 Å². The Balaban J connectivity index is 1.68. The average molecular weight is 273 g/mol. The molecule has 1 aromatic rings. The summed E-state index contributed by atoms with van der Waals surface area (Å²) in [6.07, 6.45) is 5.51. The lowest BCUT2D eigenvalue weighted by Crippen LogP contribution is -2.35. The Morgan fingerprint density at radius 2 is 1.95 bits per heavy atom. The number of pyridine rings is 1. The molecule has 0 aromatic carbocycles. The number of hydrogen-bond acceptors (Lipinski definition) is 3. The molecule has 0 saturated heterocycles. The van der Waals surface area contributed by atoms with Crippen molar-refractivity contribution < 1.29 is 0 Å². The number of rotatable bonds is 6. The minimum atomic E-state index is 0.141. The second-order valence-electron chi connectivity index (χ2n) is 7.42. The number of nitrogens with zero attached hydrogens (tertiary/aromatic N) is 2. The molecule has 0 aliphatic heterocycles. The maximum Gasteiger partial charge on any atom is 0.129 e. The quantitative estimate of drug-likeness (QED) is 0.861. The van der Waals surface area contributed by atoms with Gasteiger partial charge in [-0.05, 0) is 64.5 Å². The predicted molar refractivity (Wildman–Crippen MR) is 83.9 cm³/mol. The number of anilines is 1. The predicted octanol–water partition coefficient (Wildman–Crippen LogP) is 3.35. The van der Waals surface area contributed by atoms with E-state index in [0.29, 0.717) is 0 Å². The summed E-state index contributed by atoms with van der Waals surface area (Å²) in [6, 6.07) is 7.23. The molecule has 2 aliphatic rings. The Hall–Kier alpha value is -1.09. The van der Waals surface area contributed by atoms with Crippen LogP contribution in [0.3, 0.4) is 0 Å². The van der Waals surface area contributed by atoms with Crippen LogP contribution in [0, 0.1) is 5.92 Å². The molecule has 0 spiro atoms. The van der Waals surface area contributed by atoms with Gasteiger partial charge in [0.25, 0.3) is 0 Å². The number of nitrogens with one attached hydrogen (secondary N) is 1. The summed E-state index contributed by atoms with van der Waals surface area (Å²) in [5.74, 6) is 2.11. The van der Waals surface area contributed by atoms with Gasteiger partial charge in [-0.2, -0.15) is 0 Å². The van der Waals surface area contributed by atoms with E-state index in [1.54, 1.807) is 0 Å². The molecule has 0 bridgehead atoms. The highest BCUT2D eigenvalue weighted by Crippen LogP contribution is 2.37. The van der Waals surface area contributed by atoms with E-state index in [2.05, 4.69) is 49.2 Å². The van der Waals surface area contributed by atoms with Crippen LogP contribution in [0.4, 0.5) is 5.82 Å². The van der Waals surface area contributed by atoms with Crippen molar-refractivity contribution in [3.05, 3.63) is 23.9 Å². The minimum absolute atomic E-state index is 0.141.